The SMILES string of the molecule is Cc1cccc(CNCC2CNCC2O)c1. The van der Waals surface area contributed by atoms with Crippen LogP contribution in [0.1, 0.15) is 11.1 Å². The highest BCUT2D eigenvalue weighted by Crippen LogP contribution is 2.08. The van der Waals surface area contributed by atoms with Gasteiger partial charge in [0.15, 0.2) is 0 Å². The molecule has 88 valence electrons. The van der Waals surface area contributed by atoms with Crippen molar-refractivity contribution >= 4 is 0 Å². The molecule has 0 aliphatic carbocycles. The predicted molar refractivity (Wildman–Crippen MR) is 65.3 cm³/mol. The lowest BCUT2D eigenvalue weighted by Crippen LogP contribution is -2.30. The minimum atomic E-state index is -0.190. The van der Waals surface area contributed by atoms with Crippen LogP contribution in [-0.4, -0.2) is 30.8 Å². The zero-order chi connectivity index (χ0) is 11.4. The van der Waals surface area contributed by atoms with Gasteiger partial charge in [-0.15, -0.1) is 0 Å². The van der Waals surface area contributed by atoms with Crippen molar-refractivity contribution in [2.45, 2.75) is 19.6 Å². The van der Waals surface area contributed by atoms with Crippen molar-refractivity contribution in [1.29, 1.82) is 0 Å². The Morgan fingerprint density at radius 3 is 3.00 bits per heavy atom. The molecule has 1 heterocycles. The van der Waals surface area contributed by atoms with E-state index in [1.54, 1.807) is 0 Å². The van der Waals surface area contributed by atoms with Crippen LogP contribution < -0.4 is 10.6 Å². The second-order valence-electron chi connectivity index (χ2n) is 4.61. The van der Waals surface area contributed by atoms with Crippen molar-refractivity contribution in [3.8, 4) is 0 Å². The Labute approximate surface area is 96.9 Å². The van der Waals surface area contributed by atoms with E-state index < -0.39 is 0 Å². The molecule has 1 aliphatic rings. The summed E-state index contributed by atoms with van der Waals surface area (Å²) in [7, 11) is 0. The zero-order valence-corrected chi connectivity index (χ0v) is 9.74. The van der Waals surface area contributed by atoms with E-state index >= 15 is 0 Å². The van der Waals surface area contributed by atoms with E-state index in [0.717, 1.165) is 26.2 Å². The summed E-state index contributed by atoms with van der Waals surface area (Å²) in [4.78, 5) is 0. The first-order valence-corrected chi connectivity index (χ1v) is 5.91. The molecule has 1 saturated heterocycles. The third-order valence-electron chi connectivity index (χ3n) is 3.12. The van der Waals surface area contributed by atoms with Crippen LogP contribution in [0, 0.1) is 12.8 Å². The highest BCUT2D eigenvalue weighted by molar-refractivity contribution is 5.21. The Bertz CT molecular complexity index is 340. The topological polar surface area (TPSA) is 44.3 Å². The third-order valence-corrected chi connectivity index (χ3v) is 3.12. The van der Waals surface area contributed by atoms with E-state index in [1.807, 2.05) is 0 Å². The summed E-state index contributed by atoms with van der Waals surface area (Å²) in [6, 6.07) is 8.51. The number of benzene rings is 1. The van der Waals surface area contributed by atoms with Gasteiger partial charge in [0.1, 0.15) is 0 Å². The van der Waals surface area contributed by atoms with Crippen molar-refractivity contribution in [1.82, 2.24) is 10.6 Å². The van der Waals surface area contributed by atoms with Crippen LogP contribution in [0.3, 0.4) is 0 Å². The Kier molecular flexibility index (Phi) is 3.93. The normalized spacial score (nSPS) is 24.9. The first-order chi connectivity index (χ1) is 7.75. The molecule has 3 nitrogen and oxygen atoms in total. The molecule has 1 aliphatic heterocycles. The van der Waals surface area contributed by atoms with Gasteiger partial charge in [0.05, 0.1) is 6.10 Å². The van der Waals surface area contributed by atoms with Gasteiger partial charge < -0.3 is 15.7 Å². The Morgan fingerprint density at radius 2 is 2.31 bits per heavy atom. The quantitative estimate of drug-likeness (QED) is 0.698. The first kappa shape index (κ1) is 11.6. The zero-order valence-electron chi connectivity index (χ0n) is 9.74. The molecule has 16 heavy (non-hydrogen) atoms. The highest BCUT2D eigenvalue weighted by Gasteiger charge is 2.23. The molecule has 2 atom stereocenters. The molecule has 0 amide bonds. The molecule has 1 fully saturated rings. The number of nitrogens with one attached hydrogen (secondary N) is 2. The van der Waals surface area contributed by atoms with E-state index in [-0.39, 0.29) is 6.10 Å². The molecule has 3 heteroatoms. The van der Waals surface area contributed by atoms with Crippen molar-refractivity contribution in [2.24, 2.45) is 5.92 Å². The summed E-state index contributed by atoms with van der Waals surface area (Å²) in [6.45, 7) is 5.51. The number of aryl methyl sites for hydroxylation is 1. The molecule has 2 unspecified atom stereocenters. The van der Waals surface area contributed by atoms with Gasteiger partial charge in [-0.05, 0) is 12.5 Å². The van der Waals surface area contributed by atoms with Crippen LogP contribution in [0.2, 0.25) is 0 Å². The minimum absolute atomic E-state index is 0.190. The Morgan fingerprint density at radius 1 is 1.44 bits per heavy atom. The molecule has 3 N–H and O–H groups in total. The van der Waals surface area contributed by atoms with Crippen molar-refractivity contribution < 1.29 is 5.11 Å². The number of aliphatic hydroxyl groups is 1. The maximum atomic E-state index is 9.63. The average molecular weight is 220 g/mol. The molecule has 0 bridgehead atoms. The molecule has 0 spiro atoms. The lowest BCUT2D eigenvalue weighted by molar-refractivity contribution is 0.146. The Hall–Kier alpha value is -0.900. The van der Waals surface area contributed by atoms with Gasteiger partial charge in [0.2, 0.25) is 0 Å². The van der Waals surface area contributed by atoms with E-state index in [1.165, 1.54) is 11.1 Å². The summed E-state index contributed by atoms with van der Waals surface area (Å²) in [5.41, 5.74) is 2.60. The minimum Gasteiger partial charge on any atom is -0.391 e. The lowest BCUT2D eigenvalue weighted by atomic mass is 10.1. The van der Waals surface area contributed by atoms with Crippen molar-refractivity contribution in [3.63, 3.8) is 0 Å². The predicted octanol–water partition coefficient (Wildman–Crippen LogP) is 0.665. The van der Waals surface area contributed by atoms with Gasteiger partial charge >= 0.3 is 0 Å². The summed E-state index contributed by atoms with van der Waals surface area (Å²) >= 11 is 0. The molecule has 0 radical (unpaired) electrons. The first-order valence-electron chi connectivity index (χ1n) is 5.91. The molecular weight excluding hydrogens is 200 g/mol. The second kappa shape index (κ2) is 5.43. The largest absolute Gasteiger partial charge is 0.391 e. The maximum Gasteiger partial charge on any atom is 0.0716 e. The van der Waals surface area contributed by atoms with E-state index in [9.17, 15) is 5.11 Å². The summed E-state index contributed by atoms with van der Waals surface area (Å²) in [5, 5.41) is 16.2. The van der Waals surface area contributed by atoms with Crippen LogP contribution in [0.5, 0.6) is 0 Å². The third kappa shape index (κ3) is 3.04. The molecule has 1 aromatic carbocycles. The fraction of sp³-hybridized carbons (Fsp3) is 0.538. The summed E-state index contributed by atoms with van der Waals surface area (Å²) in [5.74, 6) is 0.352. The van der Waals surface area contributed by atoms with E-state index in [0.29, 0.717) is 5.92 Å². The second-order valence-corrected chi connectivity index (χ2v) is 4.61. The summed E-state index contributed by atoms with van der Waals surface area (Å²) < 4.78 is 0. The van der Waals surface area contributed by atoms with Crippen LogP contribution >= 0.6 is 0 Å². The van der Waals surface area contributed by atoms with Crippen molar-refractivity contribution in [3.05, 3.63) is 35.4 Å². The molecule has 0 aromatic heterocycles. The number of hydrogen-bond donors (Lipinski definition) is 3. The van der Waals surface area contributed by atoms with Gasteiger partial charge in [-0.2, -0.15) is 0 Å². The van der Waals surface area contributed by atoms with Crippen LogP contribution in [-0.2, 0) is 6.54 Å². The molecule has 2 rings (SSSR count). The highest BCUT2D eigenvalue weighted by atomic mass is 16.3. The van der Waals surface area contributed by atoms with Crippen molar-refractivity contribution in [2.75, 3.05) is 19.6 Å². The number of aliphatic hydroxyl groups excluding tert-OH is 1. The maximum absolute atomic E-state index is 9.63. The molecule has 0 saturated carbocycles. The van der Waals surface area contributed by atoms with Crippen LogP contribution in [0.4, 0.5) is 0 Å². The average Bonchev–Trinajstić information content (AvgIpc) is 2.65. The molecular formula is C13H20N2O. The monoisotopic (exact) mass is 220 g/mol. The fourth-order valence-corrected chi connectivity index (χ4v) is 2.15. The number of β-amino-alcohol motifs (C(OH)–C–C–N with tert-alkyl or cyclic N) is 1. The van der Waals surface area contributed by atoms with Gasteiger partial charge in [-0.25, -0.2) is 0 Å². The summed E-state index contributed by atoms with van der Waals surface area (Å²) in [6.07, 6.45) is -0.190. The van der Waals surface area contributed by atoms with Crippen LogP contribution in [0.25, 0.3) is 0 Å². The number of hydrogen-bond acceptors (Lipinski definition) is 3. The van der Waals surface area contributed by atoms with E-state index in [2.05, 4.69) is 41.8 Å². The molecule has 1 aromatic rings. The van der Waals surface area contributed by atoms with Crippen LogP contribution in [0.15, 0.2) is 24.3 Å². The van der Waals surface area contributed by atoms with Gasteiger partial charge in [0.25, 0.3) is 0 Å². The standard InChI is InChI=1S/C13H20N2O/c1-10-3-2-4-11(5-10)6-14-7-12-8-15-9-13(12)16/h2-5,12-16H,6-9H2,1H3. The Balaban J connectivity index is 1.75. The van der Waals surface area contributed by atoms with Gasteiger partial charge in [0, 0.05) is 32.1 Å². The smallest absolute Gasteiger partial charge is 0.0716 e. The van der Waals surface area contributed by atoms with E-state index in [4.69, 9.17) is 0 Å². The lowest BCUT2D eigenvalue weighted by Gasteiger charge is -2.14. The number of rotatable bonds is 4. The van der Waals surface area contributed by atoms with Gasteiger partial charge in [-0.1, -0.05) is 29.8 Å². The van der Waals surface area contributed by atoms with Gasteiger partial charge in [-0.3, -0.25) is 0 Å². The fourth-order valence-electron chi connectivity index (χ4n) is 2.15.